The van der Waals surface area contributed by atoms with Crippen LogP contribution < -0.4 is 5.32 Å². The summed E-state index contributed by atoms with van der Waals surface area (Å²) in [4.78, 5) is 6.50. The minimum atomic E-state index is -3.67. The second-order valence-electron chi connectivity index (χ2n) is 9.66. The zero-order valence-electron chi connectivity index (χ0n) is 19.7. The van der Waals surface area contributed by atoms with Crippen molar-refractivity contribution in [3.05, 3.63) is 46.7 Å². The van der Waals surface area contributed by atoms with Crippen molar-refractivity contribution in [1.82, 2.24) is 19.8 Å². The van der Waals surface area contributed by atoms with Crippen LogP contribution in [0.5, 0.6) is 0 Å². The summed E-state index contributed by atoms with van der Waals surface area (Å²) < 4.78 is 34.5. The molecule has 0 bridgehead atoms. The molecule has 2 aromatic rings. The lowest BCUT2D eigenvalue weighted by molar-refractivity contribution is 0.0892. The third-order valence-corrected chi connectivity index (χ3v) is 8.17. The Balaban J connectivity index is 1.60. The van der Waals surface area contributed by atoms with E-state index in [4.69, 9.17) is 28.6 Å². The number of benzene rings is 1. The number of rotatable bonds is 10. The molecule has 1 aromatic heterocycles. The number of thiocarbonyl (C=S) groups is 1. The summed E-state index contributed by atoms with van der Waals surface area (Å²) in [5, 5.41) is 4.72. The molecule has 0 radical (unpaired) electrons. The predicted octanol–water partition coefficient (Wildman–Crippen LogP) is 4.18. The van der Waals surface area contributed by atoms with E-state index in [2.05, 4.69) is 29.0 Å². The van der Waals surface area contributed by atoms with Gasteiger partial charge in [-0.2, -0.15) is 0 Å². The van der Waals surface area contributed by atoms with Gasteiger partial charge in [0.15, 0.2) is 5.11 Å². The Morgan fingerprint density at radius 3 is 2.79 bits per heavy atom. The van der Waals surface area contributed by atoms with E-state index in [-0.39, 0.29) is 22.9 Å². The molecule has 2 fully saturated rings. The minimum absolute atomic E-state index is 0.0920. The second kappa shape index (κ2) is 10.9. The maximum absolute atomic E-state index is 13.4. The van der Waals surface area contributed by atoms with Gasteiger partial charge in [0.2, 0.25) is 15.0 Å². The van der Waals surface area contributed by atoms with Crippen LogP contribution >= 0.6 is 23.8 Å². The number of imidazole rings is 1. The topological polar surface area (TPSA) is 76.5 Å². The maximum Gasteiger partial charge on any atom is 0.228 e. The van der Waals surface area contributed by atoms with Crippen LogP contribution in [0, 0.1) is 5.92 Å². The third kappa shape index (κ3) is 6.71. The van der Waals surface area contributed by atoms with Gasteiger partial charge < -0.3 is 19.5 Å². The molecule has 1 atom stereocenters. The summed E-state index contributed by atoms with van der Waals surface area (Å²) in [6.07, 6.45) is 6.13. The molecule has 1 aromatic carbocycles. The number of aromatic nitrogens is 2. The Labute approximate surface area is 212 Å². The molecular weight excluding hydrogens is 492 g/mol. The van der Waals surface area contributed by atoms with Gasteiger partial charge in [0.25, 0.3) is 0 Å². The fourth-order valence-electron chi connectivity index (χ4n) is 4.18. The molecule has 1 saturated carbocycles. The minimum Gasteiger partial charge on any atom is -0.376 e. The fourth-order valence-corrected chi connectivity index (χ4v) is 6.19. The second-order valence-corrected chi connectivity index (χ2v) is 12.4. The fraction of sp³-hybridized carbons (Fsp3) is 0.583. The van der Waals surface area contributed by atoms with Gasteiger partial charge >= 0.3 is 0 Å². The number of hydrogen-bond acceptors (Lipinski definition) is 5. The maximum atomic E-state index is 13.4. The summed E-state index contributed by atoms with van der Waals surface area (Å²) in [7, 11) is -3.67. The first-order valence-electron chi connectivity index (χ1n) is 11.9. The largest absolute Gasteiger partial charge is 0.376 e. The van der Waals surface area contributed by atoms with E-state index in [9.17, 15) is 8.42 Å². The van der Waals surface area contributed by atoms with E-state index < -0.39 is 9.84 Å². The molecule has 2 aliphatic rings. The van der Waals surface area contributed by atoms with Crippen LogP contribution in [0.15, 0.2) is 35.6 Å². The first kappa shape index (κ1) is 25.4. The Bertz CT molecular complexity index is 1110. The van der Waals surface area contributed by atoms with E-state index in [1.54, 1.807) is 30.5 Å². The lowest BCUT2D eigenvalue weighted by Gasteiger charge is -2.29. The van der Waals surface area contributed by atoms with Crippen LogP contribution in [0.25, 0.3) is 0 Å². The molecule has 0 amide bonds. The summed E-state index contributed by atoms with van der Waals surface area (Å²) in [6, 6.07) is 7.38. The van der Waals surface area contributed by atoms with Crippen LogP contribution in [0.2, 0.25) is 5.02 Å². The van der Waals surface area contributed by atoms with E-state index in [1.807, 2.05) is 4.57 Å². The standard InChI is InChI=1S/C24H33ClN4O3S2/c1-17(2)13-29-21(12-26-24(29)34(30,31)16-18-5-3-6-19(25)11-18)14-28(15-22-7-4-10-32-22)23(33)27-20-8-9-20/h3,5-6,11-12,17,20,22H,4,7-10,13-16H2,1-2H3,(H,27,33)/t22-/m1/s1. The number of sulfone groups is 1. The van der Waals surface area contributed by atoms with Crippen LogP contribution in [0.1, 0.15) is 50.8 Å². The highest BCUT2D eigenvalue weighted by Gasteiger charge is 2.29. The van der Waals surface area contributed by atoms with E-state index >= 15 is 0 Å². The van der Waals surface area contributed by atoms with E-state index in [1.165, 1.54) is 0 Å². The van der Waals surface area contributed by atoms with Gasteiger partial charge in [0.1, 0.15) is 0 Å². The summed E-state index contributed by atoms with van der Waals surface area (Å²) in [5.41, 5.74) is 1.47. The quantitative estimate of drug-likeness (QED) is 0.467. The van der Waals surface area contributed by atoms with Crippen molar-refractivity contribution in [2.24, 2.45) is 5.92 Å². The van der Waals surface area contributed by atoms with Crippen molar-refractivity contribution < 1.29 is 13.2 Å². The summed E-state index contributed by atoms with van der Waals surface area (Å²) in [5.74, 6) is 0.0971. The average molecular weight is 525 g/mol. The summed E-state index contributed by atoms with van der Waals surface area (Å²) in [6.45, 7) is 6.62. The zero-order chi connectivity index (χ0) is 24.3. The highest BCUT2D eigenvalue weighted by Crippen LogP contribution is 2.24. The van der Waals surface area contributed by atoms with Crippen LogP contribution in [0.4, 0.5) is 0 Å². The van der Waals surface area contributed by atoms with E-state index in [0.29, 0.717) is 41.4 Å². The number of halogens is 1. The molecule has 1 saturated heterocycles. The monoisotopic (exact) mass is 524 g/mol. The molecule has 0 spiro atoms. The van der Waals surface area contributed by atoms with Gasteiger partial charge in [-0.15, -0.1) is 0 Å². The van der Waals surface area contributed by atoms with Crippen molar-refractivity contribution in [3.63, 3.8) is 0 Å². The van der Waals surface area contributed by atoms with E-state index in [0.717, 1.165) is 38.0 Å². The predicted molar refractivity (Wildman–Crippen MR) is 138 cm³/mol. The molecule has 10 heteroatoms. The molecule has 1 aliphatic heterocycles. The van der Waals surface area contributed by atoms with Crippen molar-refractivity contribution in [1.29, 1.82) is 0 Å². The van der Waals surface area contributed by atoms with Crippen molar-refractivity contribution >= 4 is 38.8 Å². The first-order valence-corrected chi connectivity index (χ1v) is 14.3. The number of ether oxygens (including phenoxy) is 1. The molecule has 1 aliphatic carbocycles. The van der Waals surface area contributed by atoms with Gasteiger partial charge in [-0.1, -0.05) is 37.6 Å². The number of nitrogens with one attached hydrogen (secondary N) is 1. The Hall–Kier alpha value is -1.68. The highest BCUT2D eigenvalue weighted by molar-refractivity contribution is 7.90. The smallest absolute Gasteiger partial charge is 0.228 e. The molecule has 34 heavy (non-hydrogen) atoms. The SMILES string of the molecule is CC(C)Cn1c(CN(C[C@H]2CCCO2)C(=S)NC2CC2)cnc1S(=O)(=O)Cc1cccc(Cl)c1. The molecule has 186 valence electrons. The summed E-state index contributed by atoms with van der Waals surface area (Å²) >= 11 is 11.8. The molecule has 7 nitrogen and oxygen atoms in total. The molecule has 4 rings (SSSR count). The number of hydrogen-bond donors (Lipinski definition) is 1. The van der Waals surface area contributed by atoms with Crippen molar-refractivity contribution in [2.45, 2.75) is 75.7 Å². The van der Waals surface area contributed by atoms with Crippen molar-refractivity contribution in [2.75, 3.05) is 13.2 Å². The molecule has 1 N–H and O–H groups in total. The van der Waals surface area contributed by atoms with Gasteiger partial charge in [-0.05, 0) is 61.5 Å². The normalized spacial score (nSPS) is 18.4. The molecule has 2 heterocycles. The van der Waals surface area contributed by atoms with Crippen LogP contribution in [-0.4, -0.2) is 53.3 Å². The van der Waals surface area contributed by atoms with Gasteiger partial charge in [0, 0.05) is 30.8 Å². The number of nitrogens with zero attached hydrogens (tertiary/aromatic N) is 3. The Kier molecular flexibility index (Phi) is 8.17. The van der Waals surface area contributed by atoms with Crippen LogP contribution in [-0.2, 0) is 33.4 Å². The molecular formula is C24H33ClN4O3S2. The Morgan fingerprint density at radius 2 is 2.15 bits per heavy atom. The first-order chi connectivity index (χ1) is 16.2. The zero-order valence-corrected chi connectivity index (χ0v) is 22.1. The van der Waals surface area contributed by atoms with Gasteiger partial charge in [-0.25, -0.2) is 13.4 Å². The van der Waals surface area contributed by atoms with Crippen molar-refractivity contribution in [3.8, 4) is 0 Å². The third-order valence-electron chi connectivity index (χ3n) is 5.97. The molecule has 0 unspecified atom stereocenters. The lowest BCUT2D eigenvalue weighted by Crippen LogP contribution is -2.44. The average Bonchev–Trinajstić information content (AvgIpc) is 3.25. The van der Waals surface area contributed by atoms with Gasteiger partial charge in [0.05, 0.1) is 30.3 Å². The van der Waals surface area contributed by atoms with Gasteiger partial charge in [-0.3, -0.25) is 0 Å². The van der Waals surface area contributed by atoms with Crippen LogP contribution in [0.3, 0.4) is 0 Å². The highest BCUT2D eigenvalue weighted by atomic mass is 35.5. The Morgan fingerprint density at radius 1 is 1.35 bits per heavy atom. The lowest BCUT2D eigenvalue weighted by atomic mass is 10.2.